The Morgan fingerprint density at radius 3 is 2.52 bits per heavy atom. The lowest BCUT2D eigenvalue weighted by atomic mass is 10.1. The minimum atomic E-state index is -0.465. The molecule has 29 heavy (non-hydrogen) atoms. The fourth-order valence-electron chi connectivity index (χ4n) is 3.69. The van der Waals surface area contributed by atoms with E-state index in [0.29, 0.717) is 42.3 Å². The highest BCUT2D eigenvalue weighted by atomic mass is 16.5. The molecule has 0 amide bonds. The van der Waals surface area contributed by atoms with Crippen LogP contribution in [0.4, 0.5) is 5.88 Å². The summed E-state index contributed by atoms with van der Waals surface area (Å²) in [7, 11) is 0. The summed E-state index contributed by atoms with van der Waals surface area (Å²) in [6, 6.07) is 15.1. The fourth-order valence-corrected chi connectivity index (χ4v) is 3.69. The number of benzene rings is 2. The number of fused-ring (bicyclic) bond motifs is 1. The first-order chi connectivity index (χ1) is 14.0. The Labute approximate surface area is 169 Å². The molecule has 1 aromatic heterocycles. The average molecular weight is 394 g/mol. The molecule has 1 fully saturated rings. The second-order valence-electron chi connectivity index (χ2n) is 7.44. The van der Waals surface area contributed by atoms with Crippen molar-refractivity contribution in [2.24, 2.45) is 0 Å². The topological polar surface area (TPSA) is 66.2 Å². The van der Waals surface area contributed by atoms with Crippen LogP contribution in [0.15, 0.2) is 57.7 Å². The first-order valence-corrected chi connectivity index (χ1v) is 9.94. The molecule has 6 heteroatoms. The van der Waals surface area contributed by atoms with Gasteiger partial charge in [-0.15, -0.1) is 0 Å². The maximum absolute atomic E-state index is 12.7. The van der Waals surface area contributed by atoms with Crippen molar-refractivity contribution < 1.29 is 14.3 Å². The van der Waals surface area contributed by atoms with Crippen molar-refractivity contribution in [3.8, 4) is 5.75 Å². The van der Waals surface area contributed by atoms with Crippen LogP contribution in [0.1, 0.15) is 18.1 Å². The number of ether oxygens (including phenoxy) is 1. The van der Waals surface area contributed by atoms with Crippen molar-refractivity contribution in [2.75, 3.05) is 31.1 Å². The summed E-state index contributed by atoms with van der Waals surface area (Å²) in [6.07, 6.45) is -0.465. The summed E-state index contributed by atoms with van der Waals surface area (Å²) >= 11 is 0. The number of hydrogen-bond donors (Lipinski definition) is 1. The second-order valence-corrected chi connectivity index (χ2v) is 7.44. The van der Waals surface area contributed by atoms with Gasteiger partial charge in [-0.2, -0.15) is 0 Å². The van der Waals surface area contributed by atoms with Crippen LogP contribution in [0, 0.1) is 6.92 Å². The van der Waals surface area contributed by atoms with Crippen molar-refractivity contribution >= 4 is 16.9 Å². The number of aryl methyl sites for hydroxylation is 1. The SMILES string of the molecule is Cc1c(OCc2ccccc2)ccc2c(=O)cc(N3CCN(C(C)O)CC3)oc12. The fraction of sp³-hybridized carbons (Fsp3) is 0.348. The number of hydrogen-bond acceptors (Lipinski definition) is 6. The predicted molar refractivity (Wildman–Crippen MR) is 113 cm³/mol. The lowest BCUT2D eigenvalue weighted by molar-refractivity contribution is 0.0149. The van der Waals surface area contributed by atoms with Crippen molar-refractivity contribution in [1.29, 1.82) is 0 Å². The Bertz CT molecular complexity index is 1040. The van der Waals surface area contributed by atoms with Crippen LogP contribution in [-0.2, 0) is 6.61 Å². The summed E-state index contributed by atoms with van der Waals surface area (Å²) in [5, 5.41) is 10.3. The Balaban J connectivity index is 1.60. The van der Waals surface area contributed by atoms with E-state index >= 15 is 0 Å². The number of anilines is 1. The van der Waals surface area contributed by atoms with E-state index in [-0.39, 0.29) is 5.43 Å². The molecule has 6 nitrogen and oxygen atoms in total. The van der Waals surface area contributed by atoms with E-state index in [1.54, 1.807) is 19.1 Å². The predicted octanol–water partition coefficient (Wildman–Crippen LogP) is 3.14. The number of piperazine rings is 1. The van der Waals surface area contributed by atoms with Gasteiger partial charge < -0.3 is 19.2 Å². The van der Waals surface area contributed by atoms with E-state index in [9.17, 15) is 9.90 Å². The molecular formula is C23H26N2O4. The highest BCUT2D eigenvalue weighted by Gasteiger charge is 2.22. The molecular weight excluding hydrogens is 368 g/mol. The van der Waals surface area contributed by atoms with Gasteiger partial charge in [0.2, 0.25) is 0 Å². The standard InChI is InChI=1S/C23H26N2O4/c1-16-21(28-15-18-6-4-3-5-7-18)9-8-19-20(27)14-22(29-23(16)19)25-12-10-24(11-13-25)17(2)26/h3-9,14,17,26H,10-13,15H2,1-2H3. The smallest absolute Gasteiger partial charge is 0.200 e. The van der Waals surface area contributed by atoms with Gasteiger partial charge in [-0.3, -0.25) is 9.69 Å². The molecule has 1 N–H and O–H groups in total. The number of aliphatic hydroxyl groups excluding tert-OH is 1. The lowest BCUT2D eigenvalue weighted by Crippen LogP contribution is -2.49. The van der Waals surface area contributed by atoms with Crippen LogP contribution in [0.25, 0.3) is 11.0 Å². The molecule has 1 aliphatic heterocycles. The van der Waals surface area contributed by atoms with Crippen LogP contribution < -0.4 is 15.1 Å². The molecule has 1 unspecified atom stereocenters. The highest BCUT2D eigenvalue weighted by Crippen LogP contribution is 2.29. The molecule has 3 aromatic rings. The van der Waals surface area contributed by atoms with Gasteiger partial charge in [0.15, 0.2) is 11.3 Å². The third-order valence-corrected chi connectivity index (χ3v) is 5.47. The zero-order chi connectivity index (χ0) is 20.4. The molecule has 0 spiro atoms. The maximum Gasteiger partial charge on any atom is 0.200 e. The third-order valence-electron chi connectivity index (χ3n) is 5.47. The Hall–Kier alpha value is -2.83. The van der Waals surface area contributed by atoms with Crippen LogP contribution in [0.2, 0.25) is 0 Å². The van der Waals surface area contributed by atoms with Gasteiger partial charge in [-0.25, -0.2) is 0 Å². The van der Waals surface area contributed by atoms with Crippen molar-refractivity contribution in [2.45, 2.75) is 26.7 Å². The quantitative estimate of drug-likeness (QED) is 0.717. The normalized spacial score (nSPS) is 16.2. The van der Waals surface area contributed by atoms with Crippen molar-refractivity contribution in [3.05, 3.63) is 69.9 Å². The zero-order valence-electron chi connectivity index (χ0n) is 16.8. The minimum Gasteiger partial charge on any atom is -0.488 e. The highest BCUT2D eigenvalue weighted by molar-refractivity contribution is 5.82. The van der Waals surface area contributed by atoms with E-state index in [0.717, 1.165) is 24.2 Å². The van der Waals surface area contributed by atoms with Gasteiger partial charge in [0.1, 0.15) is 24.2 Å². The van der Waals surface area contributed by atoms with Gasteiger partial charge in [0, 0.05) is 37.8 Å². The van der Waals surface area contributed by atoms with Crippen molar-refractivity contribution in [1.82, 2.24) is 4.90 Å². The average Bonchev–Trinajstić information content (AvgIpc) is 2.74. The summed E-state index contributed by atoms with van der Waals surface area (Å²) in [5.74, 6) is 1.27. The molecule has 152 valence electrons. The molecule has 2 aromatic carbocycles. The number of rotatable bonds is 5. The number of aliphatic hydroxyl groups is 1. The number of nitrogens with zero attached hydrogens (tertiary/aromatic N) is 2. The Morgan fingerprint density at radius 1 is 1.10 bits per heavy atom. The van der Waals surface area contributed by atoms with Crippen LogP contribution in [0.3, 0.4) is 0 Å². The lowest BCUT2D eigenvalue weighted by Gasteiger charge is -2.36. The molecule has 0 saturated carbocycles. The van der Waals surface area contributed by atoms with Gasteiger partial charge in [0.05, 0.1) is 5.39 Å². The summed E-state index contributed by atoms with van der Waals surface area (Å²) < 4.78 is 12.2. The van der Waals surface area contributed by atoms with Gasteiger partial charge in [0.25, 0.3) is 0 Å². The molecule has 0 aliphatic carbocycles. The third kappa shape index (κ3) is 4.13. The molecule has 1 aliphatic rings. The summed E-state index contributed by atoms with van der Waals surface area (Å²) in [6.45, 7) is 6.98. The maximum atomic E-state index is 12.7. The largest absolute Gasteiger partial charge is 0.488 e. The minimum absolute atomic E-state index is 0.0584. The summed E-state index contributed by atoms with van der Waals surface area (Å²) in [5.41, 5.74) is 2.41. The summed E-state index contributed by atoms with van der Waals surface area (Å²) in [4.78, 5) is 16.7. The van der Waals surface area contributed by atoms with E-state index in [1.807, 2.05) is 48.2 Å². The molecule has 0 radical (unpaired) electrons. The van der Waals surface area contributed by atoms with Gasteiger partial charge in [-0.1, -0.05) is 30.3 Å². The molecule has 1 atom stereocenters. The molecule has 1 saturated heterocycles. The van der Waals surface area contributed by atoms with E-state index in [4.69, 9.17) is 9.15 Å². The van der Waals surface area contributed by atoms with Gasteiger partial charge in [-0.05, 0) is 31.5 Å². The van der Waals surface area contributed by atoms with E-state index in [1.165, 1.54) is 0 Å². The molecule has 4 rings (SSSR count). The molecule has 2 heterocycles. The van der Waals surface area contributed by atoms with Crippen LogP contribution >= 0.6 is 0 Å². The Kier molecular flexibility index (Phi) is 5.56. The van der Waals surface area contributed by atoms with E-state index in [2.05, 4.69) is 4.90 Å². The van der Waals surface area contributed by atoms with E-state index < -0.39 is 6.23 Å². The first kappa shape index (κ1) is 19.5. The van der Waals surface area contributed by atoms with Crippen LogP contribution in [-0.4, -0.2) is 42.4 Å². The monoisotopic (exact) mass is 394 g/mol. The zero-order valence-corrected chi connectivity index (χ0v) is 16.8. The van der Waals surface area contributed by atoms with Crippen LogP contribution in [0.5, 0.6) is 5.75 Å². The molecule has 0 bridgehead atoms. The second kappa shape index (κ2) is 8.27. The van der Waals surface area contributed by atoms with Gasteiger partial charge >= 0.3 is 0 Å². The first-order valence-electron chi connectivity index (χ1n) is 9.94. The van der Waals surface area contributed by atoms with Crippen molar-refractivity contribution in [3.63, 3.8) is 0 Å². The Morgan fingerprint density at radius 2 is 1.83 bits per heavy atom.